The number of aliphatic hydroxyl groups is 2. The second-order valence-electron chi connectivity index (χ2n) is 13.0. The second kappa shape index (κ2) is 12.9. The minimum atomic E-state index is -0.663. The predicted octanol–water partition coefficient (Wildman–Crippen LogP) is 7.32. The van der Waals surface area contributed by atoms with Gasteiger partial charge >= 0.3 is 0 Å². The van der Waals surface area contributed by atoms with Gasteiger partial charge in [0.1, 0.15) is 0 Å². The first-order valence-corrected chi connectivity index (χ1v) is 16.5. The van der Waals surface area contributed by atoms with Crippen molar-refractivity contribution in [3.05, 3.63) is 143 Å². The van der Waals surface area contributed by atoms with Crippen LogP contribution in [0.1, 0.15) is 59.7 Å². The Morgan fingerprint density at radius 2 is 1.40 bits per heavy atom. The molecule has 4 aromatic carbocycles. The average Bonchev–Trinajstić information content (AvgIpc) is 3.41. The maximum absolute atomic E-state index is 12.1. The lowest BCUT2D eigenvalue weighted by molar-refractivity contribution is -0.139. The Labute approximate surface area is 266 Å². The number of fused-ring (bicyclic) bond motifs is 6. The number of likely N-dealkylation sites (tertiary alicyclic amines) is 1. The molecule has 0 spiro atoms. The molecule has 0 radical (unpaired) electrons. The Kier molecular flexibility index (Phi) is 8.61. The van der Waals surface area contributed by atoms with Crippen molar-refractivity contribution in [1.29, 1.82) is 0 Å². The van der Waals surface area contributed by atoms with Gasteiger partial charge in [0.25, 0.3) is 0 Å². The van der Waals surface area contributed by atoms with Crippen molar-refractivity contribution in [3.8, 4) is 0 Å². The van der Waals surface area contributed by atoms with Gasteiger partial charge in [0.15, 0.2) is 0 Å². The van der Waals surface area contributed by atoms with E-state index in [0.29, 0.717) is 6.61 Å². The van der Waals surface area contributed by atoms with Gasteiger partial charge in [0.05, 0.1) is 32.0 Å². The van der Waals surface area contributed by atoms with Crippen LogP contribution in [-0.4, -0.2) is 45.5 Å². The van der Waals surface area contributed by atoms with E-state index in [-0.39, 0.29) is 31.1 Å². The van der Waals surface area contributed by atoms with Gasteiger partial charge in [0, 0.05) is 47.6 Å². The first kappa shape index (κ1) is 29.9. The fraction of sp³-hybridized carbons (Fsp3) is 0.350. The molecule has 1 aromatic heterocycles. The zero-order valence-corrected chi connectivity index (χ0v) is 26.1. The molecule has 2 aliphatic rings. The van der Waals surface area contributed by atoms with Crippen molar-refractivity contribution < 1.29 is 14.9 Å². The first-order chi connectivity index (χ1) is 22.1. The van der Waals surface area contributed by atoms with Crippen molar-refractivity contribution >= 4 is 10.9 Å². The third-order valence-corrected chi connectivity index (χ3v) is 10.7. The zero-order valence-electron chi connectivity index (χ0n) is 26.1. The monoisotopic (exact) mass is 600 g/mol. The van der Waals surface area contributed by atoms with E-state index in [1.807, 2.05) is 18.2 Å². The lowest BCUT2D eigenvalue weighted by atomic mass is 9.56. The van der Waals surface area contributed by atoms with Crippen LogP contribution >= 0.6 is 0 Å². The number of hydrogen-bond donors (Lipinski definition) is 2. The standard InChI is InChI=1S/C40H44N2O3/c1-2-40(37(44)27-45-26-31-18-10-5-11-19-31)28-41(23-29-14-6-3-7-15-29)36-22-34(40)33(25-43)38-32-20-12-13-21-35(32)42(39(36)38)24-30-16-8-4-9-17-30/h3-21,33-34,36-37,43-44H,2,22-28H2,1H3/t33-,34?,36+,37+,40-/m1/s1. The fourth-order valence-corrected chi connectivity index (χ4v) is 8.51. The molecule has 2 heterocycles. The van der Waals surface area contributed by atoms with E-state index >= 15 is 0 Å². The van der Waals surface area contributed by atoms with Crippen LogP contribution in [0.2, 0.25) is 0 Å². The third kappa shape index (κ3) is 5.53. The van der Waals surface area contributed by atoms with E-state index in [1.54, 1.807) is 0 Å². The SMILES string of the molecule is CC[C@@]1([C@@H](O)COCc2ccccc2)CN(Cc2ccccc2)[C@H]2CC1[C@@H](CO)c1c2n(Cc2ccccc2)c2ccccc12. The highest BCUT2D eigenvalue weighted by Crippen LogP contribution is 2.59. The Bertz CT molecular complexity index is 1700. The van der Waals surface area contributed by atoms with Crippen LogP contribution in [0.5, 0.6) is 0 Å². The third-order valence-electron chi connectivity index (χ3n) is 10.7. The summed E-state index contributed by atoms with van der Waals surface area (Å²) in [5, 5.41) is 24.6. The smallest absolute Gasteiger partial charge is 0.0844 e. The first-order valence-electron chi connectivity index (χ1n) is 16.5. The maximum Gasteiger partial charge on any atom is 0.0844 e. The minimum Gasteiger partial charge on any atom is -0.396 e. The largest absolute Gasteiger partial charge is 0.396 e. The van der Waals surface area contributed by atoms with Crippen LogP contribution in [0.3, 0.4) is 0 Å². The summed E-state index contributed by atoms with van der Waals surface area (Å²) in [5.74, 6) is 0.0455. The van der Waals surface area contributed by atoms with Crippen LogP contribution in [0.15, 0.2) is 115 Å². The average molecular weight is 601 g/mol. The highest BCUT2D eigenvalue weighted by Gasteiger charge is 2.57. The maximum atomic E-state index is 12.1. The van der Waals surface area contributed by atoms with Gasteiger partial charge in [-0.2, -0.15) is 0 Å². The predicted molar refractivity (Wildman–Crippen MR) is 180 cm³/mol. The van der Waals surface area contributed by atoms with Gasteiger partial charge in [-0.25, -0.2) is 0 Å². The summed E-state index contributed by atoms with van der Waals surface area (Å²) in [5.41, 5.74) is 7.01. The Balaban J connectivity index is 1.33. The molecule has 5 aromatic rings. The number of nitrogens with zero attached hydrogens (tertiary/aromatic N) is 2. The summed E-state index contributed by atoms with van der Waals surface area (Å²) in [6.07, 6.45) is 1.03. The van der Waals surface area contributed by atoms with Crippen LogP contribution in [0, 0.1) is 11.3 Å². The number of rotatable bonds is 11. The summed E-state index contributed by atoms with van der Waals surface area (Å²) in [6.45, 7) is 5.33. The molecule has 1 saturated heterocycles. The van der Waals surface area contributed by atoms with Crippen LogP contribution in [0.4, 0.5) is 0 Å². The number of benzene rings is 4. The zero-order chi connectivity index (χ0) is 30.8. The Hall–Kier alpha value is -3.74. The number of aromatic nitrogens is 1. The van der Waals surface area contributed by atoms with Gasteiger partial charge in [-0.3, -0.25) is 4.90 Å². The van der Waals surface area contributed by atoms with Crippen LogP contribution in [0.25, 0.3) is 10.9 Å². The Morgan fingerprint density at radius 3 is 2.04 bits per heavy atom. The minimum absolute atomic E-state index is 0.0573. The topological polar surface area (TPSA) is 57.9 Å². The van der Waals surface area contributed by atoms with Gasteiger partial charge in [0.2, 0.25) is 0 Å². The fourth-order valence-electron chi connectivity index (χ4n) is 8.51. The van der Waals surface area contributed by atoms with Gasteiger partial charge in [-0.15, -0.1) is 0 Å². The molecule has 5 heteroatoms. The van der Waals surface area contributed by atoms with Crippen molar-refractivity contribution in [2.75, 3.05) is 19.8 Å². The van der Waals surface area contributed by atoms with E-state index in [2.05, 4.69) is 113 Å². The summed E-state index contributed by atoms with van der Waals surface area (Å²) < 4.78 is 8.71. The van der Waals surface area contributed by atoms with E-state index in [0.717, 1.165) is 38.0 Å². The summed E-state index contributed by atoms with van der Waals surface area (Å²) in [4.78, 5) is 2.61. The molecule has 5 nitrogen and oxygen atoms in total. The molecule has 0 amide bonds. The van der Waals surface area contributed by atoms with Gasteiger partial charge < -0.3 is 19.5 Å². The second-order valence-corrected chi connectivity index (χ2v) is 13.0. The van der Waals surface area contributed by atoms with Crippen LogP contribution < -0.4 is 0 Å². The molecule has 5 atom stereocenters. The van der Waals surface area contributed by atoms with Gasteiger partial charge in [-0.1, -0.05) is 116 Å². The lowest BCUT2D eigenvalue weighted by Crippen LogP contribution is -2.59. The van der Waals surface area contributed by atoms with Crippen molar-refractivity contribution in [2.24, 2.45) is 11.3 Å². The number of piperidine rings is 1. The molecular weight excluding hydrogens is 556 g/mol. The molecule has 7 rings (SSSR count). The van der Waals surface area contributed by atoms with Gasteiger partial charge in [-0.05, 0) is 47.1 Å². The molecule has 1 unspecified atom stereocenters. The molecule has 1 aliphatic heterocycles. The van der Waals surface area contributed by atoms with Crippen LogP contribution in [-0.2, 0) is 24.4 Å². The molecule has 45 heavy (non-hydrogen) atoms. The number of para-hydroxylation sites is 1. The summed E-state index contributed by atoms with van der Waals surface area (Å²) in [6, 6.07) is 40.4. The Morgan fingerprint density at radius 1 is 0.800 bits per heavy atom. The molecule has 2 bridgehead atoms. The normalized spacial score (nSPS) is 23.6. The molecule has 232 valence electrons. The van der Waals surface area contributed by atoms with E-state index < -0.39 is 11.5 Å². The molecule has 2 N–H and O–H groups in total. The van der Waals surface area contributed by atoms with Crippen molar-refractivity contribution in [3.63, 3.8) is 0 Å². The summed E-state index contributed by atoms with van der Waals surface area (Å²) in [7, 11) is 0. The molecule has 0 saturated carbocycles. The number of hydrogen-bond acceptors (Lipinski definition) is 4. The van der Waals surface area contributed by atoms with E-state index in [1.165, 1.54) is 33.3 Å². The van der Waals surface area contributed by atoms with E-state index in [4.69, 9.17) is 4.74 Å². The molecule has 1 aliphatic carbocycles. The number of aliphatic hydroxyl groups excluding tert-OH is 2. The molecular formula is C40H44N2O3. The van der Waals surface area contributed by atoms with Crippen molar-refractivity contribution in [1.82, 2.24) is 9.47 Å². The summed E-state index contributed by atoms with van der Waals surface area (Å²) >= 11 is 0. The lowest BCUT2D eigenvalue weighted by Gasteiger charge is -2.58. The van der Waals surface area contributed by atoms with Crippen molar-refractivity contribution in [2.45, 2.75) is 57.5 Å². The molecule has 1 fully saturated rings. The highest BCUT2D eigenvalue weighted by atomic mass is 16.5. The number of ether oxygens (including phenoxy) is 1. The van der Waals surface area contributed by atoms with E-state index in [9.17, 15) is 10.2 Å². The highest BCUT2D eigenvalue weighted by molar-refractivity contribution is 5.87. The quantitative estimate of drug-likeness (QED) is 0.167.